The second kappa shape index (κ2) is 11.3. The van der Waals surface area contributed by atoms with Crippen LogP contribution >= 0.6 is 11.8 Å². The van der Waals surface area contributed by atoms with Crippen molar-refractivity contribution in [2.24, 2.45) is 5.92 Å². The largest absolute Gasteiger partial charge is 0.341 e. The standard InChI is InChI=1S/C31H31FN2O2S/c1-33(20-23-10-6-3-7-11-23)30(35)25-14-17-28-27(19-25)34(21-24-12-15-26(32)16-13-24)31(36)29(37-28)18-22-8-4-2-5-9-22/h2-13,15-16,18,25,27-28H,14,17,19-21H2,1H3/b29-18-. The molecule has 0 aromatic heterocycles. The number of thioether (sulfide) groups is 1. The Balaban J connectivity index is 1.37. The molecule has 0 radical (unpaired) electrons. The van der Waals surface area contributed by atoms with E-state index < -0.39 is 0 Å². The van der Waals surface area contributed by atoms with Gasteiger partial charge >= 0.3 is 0 Å². The third-order valence-corrected chi connectivity index (χ3v) is 8.66. The van der Waals surface area contributed by atoms with E-state index in [0.29, 0.717) is 19.5 Å². The number of carbonyl (C=O) groups is 2. The number of carbonyl (C=O) groups excluding carboxylic acids is 2. The van der Waals surface area contributed by atoms with Gasteiger partial charge in [0.2, 0.25) is 5.91 Å². The number of nitrogens with zero attached hydrogens (tertiary/aromatic N) is 2. The number of amides is 2. The molecule has 6 heteroatoms. The van der Waals surface area contributed by atoms with Gasteiger partial charge in [0.05, 0.1) is 4.91 Å². The van der Waals surface area contributed by atoms with Crippen LogP contribution in [0.5, 0.6) is 0 Å². The van der Waals surface area contributed by atoms with Gasteiger partial charge in [-0.2, -0.15) is 0 Å². The van der Waals surface area contributed by atoms with Gasteiger partial charge in [0.15, 0.2) is 0 Å². The molecule has 2 amide bonds. The summed E-state index contributed by atoms with van der Waals surface area (Å²) in [5.41, 5.74) is 2.98. The third-order valence-electron chi connectivity index (χ3n) is 7.26. The first kappa shape index (κ1) is 25.3. The van der Waals surface area contributed by atoms with E-state index in [1.165, 1.54) is 12.1 Å². The predicted octanol–water partition coefficient (Wildman–Crippen LogP) is 6.14. The van der Waals surface area contributed by atoms with Crippen LogP contribution in [0.1, 0.15) is 36.0 Å². The normalized spacial score (nSPS) is 22.5. The monoisotopic (exact) mass is 514 g/mol. The first-order valence-corrected chi connectivity index (χ1v) is 13.6. The molecule has 0 bridgehead atoms. The molecule has 1 saturated carbocycles. The highest BCUT2D eigenvalue weighted by Gasteiger charge is 2.44. The van der Waals surface area contributed by atoms with Crippen molar-refractivity contribution in [1.82, 2.24) is 9.80 Å². The van der Waals surface area contributed by atoms with Crippen LogP contribution in [0, 0.1) is 11.7 Å². The van der Waals surface area contributed by atoms with Gasteiger partial charge < -0.3 is 9.80 Å². The van der Waals surface area contributed by atoms with Crippen LogP contribution in [0.2, 0.25) is 0 Å². The molecule has 0 spiro atoms. The van der Waals surface area contributed by atoms with Gasteiger partial charge in [0.1, 0.15) is 5.82 Å². The first-order chi connectivity index (χ1) is 18.0. The van der Waals surface area contributed by atoms with E-state index >= 15 is 0 Å². The summed E-state index contributed by atoms with van der Waals surface area (Å²) in [6.45, 7) is 0.967. The molecular weight excluding hydrogens is 483 g/mol. The molecule has 3 atom stereocenters. The highest BCUT2D eigenvalue weighted by molar-refractivity contribution is 8.04. The lowest BCUT2D eigenvalue weighted by atomic mass is 9.83. The molecule has 1 aliphatic heterocycles. The average molecular weight is 515 g/mol. The Bertz CT molecular complexity index is 1260. The number of rotatable bonds is 6. The van der Waals surface area contributed by atoms with E-state index in [0.717, 1.165) is 34.4 Å². The number of halogens is 1. The Kier molecular flexibility index (Phi) is 7.75. The van der Waals surface area contributed by atoms with Crippen LogP contribution in [-0.4, -0.2) is 40.0 Å². The Morgan fingerprint density at radius 3 is 2.35 bits per heavy atom. The van der Waals surface area contributed by atoms with Gasteiger partial charge in [-0.05, 0) is 54.2 Å². The molecule has 3 aromatic carbocycles. The van der Waals surface area contributed by atoms with Crippen molar-refractivity contribution in [1.29, 1.82) is 0 Å². The van der Waals surface area contributed by atoms with Gasteiger partial charge in [-0.25, -0.2) is 4.39 Å². The van der Waals surface area contributed by atoms with Crippen LogP contribution in [0.4, 0.5) is 4.39 Å². The molecule has 5 rings (SSSR count). The van der Waals surface area contributed by atoms with Crippen molar-refractivity contribution in [3.63, 3.8) is 0 Å². The summed E-state index contributed by atoms with van der Waals surface area (Å²) in [5, 5.41) is 0.219. The quantitative estimate of drug-likeness (QED) is 0.371. The van der Waals surface area contributed by atoms with Crippen molar-refractivity contribution >= 4 is 29.7 Å². The fourth-order valence-electron chi connectivity index (χ4n) is 5.33. The van der Waals surface area contributed by atoms with E-state index in [1.54, 1.807) is 23.9 Å². The highest BCUT2D eigenvalue weighted by atomic mass is 32.2. The molecule has 1 aliphatic carbocycles. The lowest BCUT2D eigenvalue weighted by Crippen LogP contribution is -2.53. The van der Waals surface area contributed by atoms with E-state index in [1.807, 2.05) is 83.6 Å². The second-order valence-corrected chi connectivity index (χ2v) is 11.2. The molecule has 37 heavy (non-hydrogen) atoms. The number of hydrogen-bond donors (Lipinski definition) is 0. The van der Waals surface area contributed by atoms with Gasteiger partial charge in [-0.3, -0.25) is 9.59 Å². The maximum atomic E-state index is 13.8. The fourth-order valence-corrected chi connectivity index (χ4v) is 6.75. The van der Waals surface area contributed by atoms with Gasteiger partial charge in [0.25, 0.3) is 5.91 Å². The summed E-state index contributed by atoms with van der Waals surface area (Å²) in [6.07, 6.45) is 4.28. The summed E-state index contributed by atoms with van der Waals surface area (Å²) < 4.78 is 13.6. The Morgan fingerprint density at radius 2 is 1.65 bits per heavy atom. The molecule has 2 fully saturated rings. The topological polar surface area (TPSA) is 40.6 Å². The summed E-state index contributed by atoms with van der Waals surface area (Å²) >= 11 is 1.64. The SMILES string of the molecule is CN(Cc1ccccc1)C(=O)C1CCC2S/C(=C\c3ccccc3)C(=O)N(Cc3ccc(F)cc3)C2C1. The maximum absolute atomic E-state index is 13.8. The lowest BCUT2D eigenvalue weighted by molar-refractivity contribution is -0.139. The molecular formula is C31H31FN2O2S. The van der Waals surface area contributed by atoms with Crippen LogP contribution in [0.3, 0.4) is 0 Å². The van der Waals surface area contributed by atoms with Crippen molar-refractivity contribution in [2.75, 3.05) is 7.05 Å². The van der Waals surface area contributed by atoms with Gasteiger partial charge in [-0.15, -0.1) is 11.8 Å². The Hall–Kier alpha value is -3.38. The average Bonchev–Trinajstić information content (AvgIpc) is 2.92. The van der Waals surface area contributed by atoms with Gasteiger partial charge in [-0.1, -0.05) is 72.8 Å². The van der Waals surface area contributed by atoms with Crippen LogP contribution in [-0.2, 0) is 22.7 Å². The summed E-state index contributed by atoms with van der Waals surface area (Å²) in [6, 6.07) is 26.2. The van der Waals surface area contributed by atoms with Gasteiger partial charge in [0, 0.05) is 37.3 Å². The number of hydrogen-bond acceptors (Lipinski definition) is 3. The maximum Gasteiger partial charge on any atom is 0.260 e. The zero-order valence-corrected chi connectivity index (χ0v) is 21.7. The summed E-state index contributed by atoms with van der Waals surface area (Å²) in [7, 11) is 1.86. The number of fused-ring (bicyclic) bond motifs is 1. The van der Waals surface area contributed by atoms with Crippen LogP contribution < -0.4 is 0 Å². The molecule has 3 unspecified atom stereocenters. The van der Waals surface area contributed by atoms with Crippen molar-refractivity contribution < 1.29 is 14.0 Å². The van der Waals surface area contributed by atoms with Crippen LogP contribution in [0.15, 0.2) is 89.8 Å². The Labute approximate surface area is 222 Å². The summed E-state index contributed by atoms with van der Waals surface area (Å²) in [5.74, 6) is -0.312. The smallest absolute Gasteiger partial charge is 0.260 e. The van der Waals surface area contributed by atoms with E-state index in [9.17, 15) is 14.0 Å². The van der Waals surface area contributed by atoms with Crippen LogP contribution in [0.25, 0.3) is 6.08 Å². The fraction of sp³-hybridized carbons (Fsp3) is 0.290. The molecule has 4 nitrogen and oxygen atoms in total. The van der Waals surface area contributed by atoms with E-state index in [4.69, 9.17) is 0 Å². The van der Waals surface area contributed by atoms with Crippen molar-refractivity contribution in [3.05, 3.63) is 112 Å². The molecule has 0 N–H and O–H groups in total. The lowest BCUT2D eigenvalue weighted by Gasteiger charge is -2.46. The molecule has 190 valence electrons. The minimum Gasteiger partial charge on any atom is -0.341 e. The van der Waals surface area contributed by atoms with E-state index in [2.05, 4.69) is 0 Å². The van der Waals surface area contributed by atoms with Crippen molar-refractivity contribution in [2.45, 2.75) is 43.6 Å². The van der Waals surface area contributed by atoms with E-state index in [-0.39, 0.29) is 34.8 Å². The molecule has 2 aliphatic rings. The minimum absolute atomic E-state index is 0.0230. The third kappa shape index (κ3) is 5.96. The number of benzene rings is 3. The second-order valence-electron chi connectivity index (χ2n) is 9.89. The minimum atomic E-state index is -0.295. The molecule has 1 saturated heterocycles. The predicted molar refractivity (Wildman–Crippen MR) is 147 cm³/mol. The first-order valence-electron chi connectivity index (χ1n) is 12.8. The zero-order chi connectivity index (χ0) is 25.8. The Morgan fingerprint density at radius 1 is 0.973 bits per heavy atom. The summed E-state index contributed by atoms with van der Waals surface area (Å²) in [4.78, 5) is 31.7. The highest BCUT2D eigenvalue weighted by Crippen LogP contribution is 2.44. The zero-order valence-electron chi connectivity index (χ0n) is 20.9. The van der Waals surface area contributed by atoms with Crippen molar-refractivity contribution in [3.8, 4) is 0 Å². The molecule has 3 aromatic rings. The molecule has 1 heterocycles.